The van der Waals surface area contributed by atoms with Crippen molar-refractivity contribution in [2.75, 3.05) is 18.6 Å². The lowest BCUT2D eigenvalue weighted by atomic mass is 9.99. The number of aromatic amines is 1. The van der Waals surface area contributed by atoms with Crippen LogP contribution in [0.5, 0.6) is 0 Å². The van der Waals surface area contributed by atoms with Crippen molar-refractivity contribution in [3.8, 4) is 0 Å². The third-order valence-electron chi connectivity index (χ3n) is 5.96. The molecule has 3 amide bonds. The van der Waals surface area contributed by atoms with Gasteiger partial charge in [-0.3, -0.25) is 14.4 Å². The Bertz CT molecular complexity index is 1030. The Labute approximate surface area is 209 Å². The molecule has 2 rings (SSSR count). The zero-order valence-corrected chi connectivity index (χ0v) is 21.1. The van der Waals surface area contributed by atoms with Crippen molar-refractivity contribution in [3.63, 3.8) is 0 Å². The van der Waals surface area contributed by atoms with Gasteiger partial charge in [-0.15, -0.1) is 0 Å². The molecule has 0 radical (unpaired) electrons. The number of carbonyl (C=O) groups excluding carboxylic acids is 3. The van der Waals surface area contributed by atoms with Crippen LogP contribution in [-0.4, -0.2) is 70.5 Å². The third-order valence-corrected chi connectivity index (χ3v) is 6.60. The summed E-state index contributed by atoms with van der Waals surface area (Å²) in [6, 6.07) is 4.67. The summed E-state index contributed by atoms with van der Waals surface area (Å²) < 4.78 is 0. The summed E-state index contributed by atoms with van der Waals surface area (Å²) in [6.07, 6.45) is 4.71. The maximum Gasteiger partial charge on any atom is 0.326 e. The highest BCUT2D eigenvalue weighted by Gasteiger charge is 2.28. The molecule has 7 N–H and O–H groups in total. The summed E-state index contributed by atoms with van der Waals surface area (Å²) in [5.74, 6) is -2.27. The van der Waals surface area contributed by atoms with E-state index in [-0.39, 0.29) is 25.3 Å². The van der Waals surface area contributed by atoms with Crippen molar-refractivity contribution < 1.29 is 24.3 Å². The van der Waals surface area contributed by atoms with Crippen LogP contribution in [0.4, 0.5) is 0 Å². The SMILES string of the molecule is CCC(C)C(N)C(=O)NCC(=O)NC(Cc1c[nH]c2ccccc12)C(=O)NC(CCSC)C(=O)O. The van der Waals surface area contributed by atoms with E-state index < -0.39 is 41.8 Å². The Morgan fingerprint density at radius 2 is 1.83 bits per heavy atom. The minimum Gasteiger partial charge on any atom is -0.480 e. The average Bonchev–Trinajstić information content (AvgIpc) is 3.26. The van der Waals surface area contributed by atoms with Crippen molar-refractivity contribution >= 4 is 46.4 Å². The van der Waals surface area contributed by atoms with Gasteiger partial charge < -0.3 is 31.8 Å². The van der Waals surface area contributed by atoms with Crippen LogP contribution in [0.15, 0.2) is 30.5 Å². The number of nitrogens with two attached hydrogens (primary N) is 1. The Kier molecular flexibility index (Phi) is 11.1. The molecule has 0 aliphatic carbocycles. The lowest BCUT2D eigenvalue weighted by Gasteiger charge is -2.22. The van der Waals surface area contributed by atoms with Crippen LogP contribution in [0.2, 0.25) is 0 Å². The second-order valence-electron chi connectivity index (χ2n) is 8.49. The molecule has 0 aliphatic heterocycles. The van der Waals surface area contributed by atoms with E-state index in [1.54, 1.807) is 6.20 Å². The van der Waals surface area contributed by atoms with E-state index in [0.29, 0.717) is 5.75 Å². The minimum atomic E-state index is -1.14. The fraction of sp³-hybridized carbons (Fsp3) is 0.500. The number of hydrogen-bond acceptors (Lipinski definition) is 6. The minimum absolute atomic E-state index is 0.0484. The number of para-hydroxylation sites is 1. The number of rotatable bonds is 14. The largest absolute Gasteiger partial charge is 0.480 e. The molecule has 0 aliphatic rings. The summed E-state index contributed by atoms with van der Waals surface area (Å²) in [5, 5.41) is 18.1. The van der Waals surface area contributed by atoms with E-state index in [1.807, 2.05) is 44.4 Å². The van der Waals surface area contributed by atoms with Gasteiger partial charge in [0, 0.05) is 23.5 Å². The fourth-order valence-corrected chi connectivity index (χ4v) is 4.01. The van der Waals surface area contributed by atoms with Crippen LogP contribution in [0, 0.1) is 5.92 Å². The van der Waals surface area contributed by atoms with Crippen molar-refractivity contribution in [2.45, 2.75) is 51.2 Å². The molecule has 0 saturated heterocycles. The van der Waals surface area contributed by atoms with E-state index in [4.69, 9.17) is 5.73 Å². The highest BCUT2D eigenvalue weighted by Crippen LogP contribution is 2.19. The molecule has 4 atom stereocenters. The predicted molar refractivity (Wildman–Crippen MR) is 137 cm³/mol. The van der Waals surface area contributed by atoms with Crippen molar-refractivity contribution in [1.82, 2.24) is 20.9 Å². The zero-order chi connectivity index (χ0) is 26.0. The molecule has 1 aromatic carbocycles. The molecule has 10 nitrogen and oxygen atoms in total. The highest BCUT2D eigenvalue weighted by molar-refractivity contribution is 7.98. The number of carbonyl (C=O) groups is 4. The number of H-pyrrole nitrogens is 1. The Hall–Kier alpha value is -3.05. The Morgan fingerprint density at radius 3 is 2.49 bits per heavy atom. The average molecular weight is 506 g/mol. The van der Waals surface area contributed by atoms with Gasteiger partial charge in [0.2, 0.25) is 17.7 Å². The van der Waals surface area contributed by atoms with E-state index in [2.05, 4.69) is 20.9 Å². The number of aliphatic carboxylic acids is 1. The topological polar surface area (TPSA) is 166 Å². The van der Waals surface area contributed by atoms with Crippen LogP contribution < -0.4 is 21.7 Å². The maximum atomic E-state index is 13.1. The number of thioether (sulfide) groups is 1. The van der Waals surface area contributed by atoms with Crippen molar-refractivity contribution in [2.24, 2.45) is 11.7 Å². The summed E-state index contributed by atoms with van der Waals surface area (Å²) >= 11 is 1.47. The molecule has 35 heavy (non-hydrogen) atoms. The number of hydrogen-bond donors (Lipinski definition) is 6. The molecule has 4 unspecified atom stereocenters. The van der Waals surface area contributed by atoms with E-state index in [0.717, 1.165) is 22.9 Å². The lowest BCUT2D eigenvalue weighted by molar-refractivity contribution is -0.142. The summed E-state index contributed by atoms with van der Waals surface area (Å²) in [6.45, 7) is 3.42. The molecule has 1 aromatic heterocycles. The molecular weight excluding hydrogens is 470 g/mol. The predicted octanol–water partition coefficient (Wildman–Crippen LogP) is 1.01. The first-order chi connectivity index (χ1) is 16.7. The molecular formula is C24H35N5O5S. The molecule has 11 heteroatoms. The fourth-order valence-electron chi connectivity index (χ4n) is 3.54. The smallest absolute Gasteiger partial charge is 0.326 e. The van der Waals surface area contributed by atoms with Gasteiger partial charge in [0.1, 0.15) is 12.1 Å². The van der Waals surface area contributed by atoms with Gasteiger partial charge in [0.15, 0.2) is 0 Å². The van der Waals surface area contributed by atoms with Crippen LogP contribution >= 0.6 is 11.8 Å². The van der Waals surface area contributed by atoms with Crippen LogP contribution in [-0.2, 0) is 25.6 Å². The summed E-state index contributed by atoms with van der Waals surface area (Å²) in [5.41, 5.74) is 7.57. The first kappa shape index (κ1) is 28.2. The van der Waals surface area contributed by atoms with Crippen LogP contribution in [0.25, 0.3) is 10.9 Å². The van der Waals surface area contributed by atoms with Crippen molar-refractivity contribution in [3.05, 3.63) is 36.0 Å². The Balaban J connectivity index is 2.14. The van der Waals surface area contributed by atoms with Gasteiger partial charge in [0.25, 0.3) is 0 Å². The molecule has 0 fully saturated rings. The Morgan fingerprint density at radius 1 is 1.11 bits per heavy atom. The second kappa shape index (κ2) is 13.7. The number of aromatic nitrogens is 1. The lowest BCUT2D eigenvalue weighted by Crippen LogP contribution is -2.54. The van der Waals surface area contributed by atoms with Crippen LogP contribution in [0.3, 0.4) is 0 Å². The number of nitrogens with one attached hydrogen (secondary N) is 4. The first-order valence-electron chi connectivity index (χ1n) is 11.6. The van der Waals surface area contributed by atoms with Gasteiger partial charge in [-0.2, -0.15) is 11.8 Å². The van der Waals surface area contributed by atoms with Crippen LogP contribution in [0.1, 0.15) is 32.3 Å². The molecule has 0 saturated carbocycles. The van der Waals surface area contributed by atoms with Gasteiger partial charge in [-0.25, -0.2) is 4.79 Å². The molecule has 1 heterocycles. The zero-order valence-electron chi connectivity index (χ0n) is 20.3. The number of carboxylic acid groups (broad SMARTS) is 1. The number of benzene rings is 1. The quantitative estimate of drug-likeness (QED) is 0.223. The van der Waals surface area contributed by atoms with Crippen molar-refractivity contribution in [1.29, 1.82) is 0 Å². The highest BCUT2D eigenvalue weighted by atomic mass is 32.2. The summed E-state index contributed by atoms with van der Waals surface area (Å²) in [7, 11) is 0. The normalized spacial score (nSPS) is 14.5. The molecule has 192 valence electrons. The molecule has 0 bridgehead atoms. The molecule has 0 spiro atoms. The van der Waals surface area contributed by atoms with E-state index in [9.17, 15) is 24.3 Å². The standard InChI is InChI=1S/C24H35N5O5S/c1-4-14(2)21(25)23(32)27-13-20(30)28-19(22(31)29-18(24(33)34)9-10-35-3)11-15-12-26-17-8-6-5-7-16(15)17/h5-8,12,14,18-19,21,26H,4,9-11,13,25H2,1-3H3,(H,27,32)(H,28,30)(H,29,31)(H,33,34). The third kappa shape index (κ3) is 8.29. The van der Waals surface area contributed by atoms with E-state index >= 15 is 0 Å². The van der Waals surface area contributed by atoms with Gasteiger partial charge in [0.05, 0.1) is 12.6 Å². The number of fused-ring (bicyclic) bond motifs is 1. The number of amides is 3. The van der Waals surface area contributed by atoms with Gasteiger partial charge in [-0.05, 0) is 36.0 Å². The van der Waals surface area contributed by atoms with E-state index in [1.165, 1.54) is 11.8 Å². The second-order valence-corrected chi connectivity index (χ2v) is 9.48. The number of carboxylic acids is 1. The van der Waals surface area contributed by atoms with Gasteiger partial charge in [-0.1, -0.05) is 38.5 Å². The first-order valence-corrected chi connectivity index (χ1v) is 13.0. The molecule has 2 aromatic rings. The summed E-state index contributed by atoms with van der Waals surface area (Å²) in [4.78, 5) is 52.7. The monoisotopic (exact) mass is 505 g/mol. The van der Waals surface area contributed by atoms with Gasteiger partial charge >= 0.3 is 5.97 Å². The maximum absolute atomic E-state index is 13.1.